The van der Waals surface area contributed by atoms with Crippen molar-refractivity contribution in [2.75, 3.05) is 33.8 Å². The SMILES string of the molecule is Cc1nc(CC(=O)N[C@@H]2C[C@H]3CO[C@@H](CC(=O)N(C)C)CN3C2)cs1. The molecule has 8 heteroatoms. The van der Waals surface area contributed by atoms with Crippen LogP contribution >= 0.6 is 11.3 Å². The molecule has 2 aliphatic rings. The second-order valence-corrected chi connectivity index (χ2v) is 8.15. The van der Waals surface area contributed by atoms with Gasteiger partial charge in [0.15, 0.2) is 0 Å². The van der Waals surface area contributed by atoms with Gasteiger partial charge in [0.25, 0.3) is 0 Å². The highest BCUT2D eigenvalue weighted by Gasteiger charge is 2.38. The first kappa shape index (κ1) is 18.3. The summed E-state index contributed by atoms with van der Waals surface area (Å²) >= 11 is 1.57. The summed E-state index contributed by atoms with van der Waals surface area (Å²) in [4.78, 5) is 32.4. The number of amides is 2. The topological polar surface area (TPSA) is 74.8 Å². The van der Waals surface area contributed by atoms with Crippen LogP contribution in [0.3, 0.4) is 0 Å². The Bertz CT molecular complexity index is 633. The monoisotopic (exact) mass is 366 g/mol. The Kier molecular flexibility index (Phi) is 5.71. The van der Waals surface area contributed by atoms with E-state index in [1.165, 1.54) is 0 Å². The van der Waals surface area contributed by atoms with E-state index >= 15 is 0 Å². The molecule has 3 atom stereocenters. The second kappa shape index (κ2) is 7.80. The zero-order chi connectivity index (χ0) is 18.0. The maximum atomic E-state index is 12.2. The fourth-order valence-electron chi connectivity index (χ4n) is 3.48. The van der Waals surface area contributed by atoms with Gasteiger partial charge in [0, 0.05) is 44.6 Å². The maximum absolute atomic E-state index is 12.2. The lowest BCUT2D eigenvalue weighted by atomic mass is 10.1. The van der Waals surface area contributed by atoms with E-state index in [9.17, 15) is 9.59 Å². The number of fused-ring (bicyclic) bond motifs is 1. The highest BCUT2D eigenvalue weighted by atomic mass is 32.1. The van der Waals surface area contributed by atoms with Gasteiger partial charge < -0.3 is 15.0 Å². The molecule has 7 nitrogen and oxygen atoms in total. The Morgan fingerprint density at radius 1 is 1.44 bits per heavy atom. The lowest BCUT2D eigenvalue weighted by Crippen LogP contribution is -2.47. The maximum Gasteiger partial charge on any atom is 0.226 e. The number of morpholine rings is 1. The summed E-state index contributed by atoms with van der Waals surface area (Å²) in [6.45, 7) is 4.14. The molecule has 0 saturated carbocycles. The van der Waals surface area contributed by atoms with Crippen LogP contribution in [0, 0.1) is 6.92 Å². The van der Waals surface area contributed by atoms with E-state index in [1.54, 1.807) is 30.3 Å². The van der Waals surface area contributed by atoms with Gasteiger partial charge >= 0.3 is 0 Å². The molecule has 1 aromatic rings. The molecular weight excluding hydrogens is 340 g/mol. The first-order valence-electron chi connectivity index (χ1n) is 8.67. The second-order valence-electron chi connectivity index (χ2n) is 7.09. The molecule has 0 radical (unpaired) electrons. The van der Waals surface area contributed by atoms with Crippen molar-refractivity contribution >= 4 is 23.2 Å². The highest BCUT2D eigenvalue weighted by molar-refractivity contribution is 7.09. The quantitative estimate of drug-likeness (QED) is 0.818. The average Bonchev–Trinajstić information content (AvgIpc) is 3.12. The summed E-state index contributed by atoms with van der Waals surface area (Å²) in [5, 5.41) is 6.04. The molecule has 0 aliphatic carbocycles. The van der Waals surface area contributed by atoms with Gasteiger partial charge in [-0.2, -0.15) is 0 Å². The third kappa shape index (κ3) is 4.77. The molecule has 2 saturated heterocycles. The summed E-state index contributed by atoms with van der Waals surface area (Å²) in [5.41, 5.74) is 0.835. The predicted octanol–water partition coefficient (Wildman–Crippen LogP) is 0.430. The molecule has 2 amide bonds. The molecule has 0 aromatic carbocycles. The van der Waals surface area contributed by atoms with Crippen LogP contribution in [-0.2, 0) is 20.7 Å². The predicted molar refractivity (Wildman–Crippen MR) is 95.5 cm³/mol. The molecule has 0 spiro atoms. The van der Waals surface area contributed by atoms with Gasteiger partial charge in [0.1, 0.15) is 0 Å². The summed E-state index contributed by atoms with van der Waals surface area (Å²) in [5.74, 6) is 0.112. The number of hydrogen-bond donors (Lipinski definition) is 1. The lowest BCUT2D eigenvalue weighted by Gasteiger charge is -2.35. The number of rotatable bonds is 5. The molecule has 138 valence electrons. The van der Waals surface area contributed by atoms with Crippen molar-refractivity contribution < 1.29 is 14.3 Å². The molecule has 1 aromatic heterocycles. The fourth-order valence-corrected chi connectivity index (χ4v) is 4.09. The third-order valence-corrected chi connectivity index (χ3v) is 5.59. The Labute approximate surface area is 152 Å². The first-order valence-corrected chi connectivity index (χ1v) is 9.55. The third-order valence-electron chi connectivity index (χ3n) is 4.76. The van der Waals surface area contributed by atoms with E-state index in [1.807, 2.05) is 12.3 Å². The van der Waals surface area contributed by atoms with Crippen LogP contribution in [0.4, 0.5) is 0 Å². The largest absolute Gasteiger partial charge is 0.375 e. The van der Waals surface area contributed by atoms with E-state index in [-0.39, 0.29) is 24.0 Å². The number of aromatic nitrogens is 1. The van der Waals surface area contributed by atoms with E-state index in [0.29, 0.717) is 25.5 Å². The number of thiazole rings is 1. The molecule has 2 fully saturated rings. The van der Waals surface area contributed by atoms with Crippen molar-refractivity contribution in [1.82, 2.24) is 20.1 Å². The van der Waals surface area contributed by atoms with Crippen molar-refractivity contribution in [2.24, 2.45) is 0 Å². The van der Waals surface area contributed by atoms with Gasteiger partial charge in [0.05, 0.1) is 36.3 Å². The number of carbonyl (C=O) groups excluding carboxylic acids is 2. The molecule has 2 aliphatic heterocycles. The van der Waals surface area contributed by atoms with Crippen LogP contribution in [0.15, 0.2) is 5.38 Å². The molecule has 0 unspecified atom stereocenters. The Morgan fingerprint density at radius 2 is 2.24 bits per heavy atom. The average molecular weight is 366 g/mol. The summed E-state index contributed by atoms with van der Waals surface area (Å²) in [6, 6.07) is 0.474. The van der Waals surface area contributed by atoms with Crippen molar-refractivity contribution in [3.05, 3.63) is 16.1 Å². The molecule has 0 bridgehead atoms. The molecule has 25 heavy (non-hydrogen) atoms. The smallest absolute Gasteiger partial charge is 0.226 e. The van der Waals surface area contributed by atoms with Crippen LogP contribution in [0.1, 0.15) is 23.5 Å². The summed E-state index contributed by atoms with van der Waals surface area (Å²) in [7, 11) is 3.53. The summed E-state index contributed by atoms with van der Waals surface area (Å²) in [6.07, 6.45) is 1.59. The van der Waals surface area contributed by atoms with Crippen molar-refractivity contribution in [3.8, 4) is 0 Å². The number of carbonyl (C=O) groups is 2. The van der Waals surface area contributed by atoms with Gasteiger partial charge in [-0.05, 0) is 13.3 Å². The van der Waals surface area contributed by atoms with Crippen molar-refractivity contribution in [2.45, 2.75) is 44.4 Å². The highest BCUT2D eigenvalue weighted by Crippen LogP contribution is 2.24. The minimum atomic E-state index is -0.0569. The molecule has 3 rings (SSSR count). The van der Waals surface area contributed by atoms with Crippen LogP contribution in [-0.4, -0.2) is 78.6 Å². The molecule has 3 heterocycles. The van der Waals surface area contributed by atoms with Crippen molar-refractivity contribution in [3.63, 3.8) is 0 Å². The van der Waals surface area contributed by atoms with Gasteiger partial charge in [-0.1, -0.05) is 0 Å². The van der Waals surface area contributed by atoms with Gasteiger partial charge in [-0.15, -0.1) is 11.3 Å². The van der Waals surface area contributed by atoms with Gasteiger partial charge in [-0.3, -0.25) is 14.5 Å². The van der Waals surface area contributed by atoms with Gasteiger partial charge in [-0.25, -0.2) is 4.98 Å². The lowest BCUT2D eigenvalue weighted by molar-refractivity contribution is -0.134. The number of ether oxygens (including phenoxy) is 1. The van der Waals surface area contributed by atoms with E-state index < -0.39 is 0 Å². The van der Waals surface area contributed by atoms with E-state index in [2.05, 4.69) is 15.2 Å². The van der Waals surface area contributed by atoms with Crippen LogP contribution in [0.25, 0.3) is 0 Å². The number of aryl methyl sites for hydroxylation is 1. The van der Waals surface area contributed by atoms with Crippen molar-refractivity contribution in [1.29, 1.82) is 0 Å². The summed E-state index contributed by atoms with van der Waals surface area (Å²) < 4.78 is 5.85. The minimum Gasteiger partial charge on any atom is -0.375 e. The zero-order valence-electron chi connectivity index (χ0n) is 15.0. The normalized spacial score (nSPS) is 26.3. The molecular formula is C17H26N4O3S. The van der Waals surface area contributed by atoms with Crippen LogP contribution < -0.4 is 5.32 Å². The Hall–Kier alpha value is -1.51. The Morgan fingerprint density at radius 3 is 2.92 bits per heavy atom. The Balaban J connectivity index is 1.46. The van der Waals surface area contributed by atoms with E-state index in [4.69, 9.17) is 4.74 Å². The first-order chi connectivity index (χ1) is 11.9. The number of nitrogens with one attached hydrogen (secondary N) is 1. The van der Waals surface area contributed by atoms with Crippen LogP contribution in [0.2, 0.25) is 0 Å². The van der Waals surface area contributed by atoms with E-state index in [0.717, 1.165) is 30.2 Å². The standard InChI is InChI=1S/C17H26N4O3S/c1-11-18-13(10-25-11)5-16(22)19-12-4-14-9-24-15(8-21(14)7-12)6-17(23)20(2)3/h10,12,14-15H,4-9H2,1-3H3,(H,19,22)/t12-,14+,15+/m1/s1. The fraction of sp³-hybridized carbons (Fsp3) is 0.706. The minimum absolute atomic E-state index is 0.0235. The number of nitrogens with zero attached hydrogens (tertiary/aromatic N) is 3. The molecule has 1 N–H and O–H groups in total. The van der Waals surface area contributed by atoms with Crippen LogP contribution in [0.5, 0.6) is 0 Å². The zero-order valence-corrected chi connectivity index (χ0v) is 15.8. The van der Waals surface area contributed by atoms with Gasteiger partial charge in [0.2, 0.25) is 11.8 Å². The number of hydrogen-bond acceptors (Lipinski definition) is 6.